The number of para-hydroxylation sites is 2. The van der Waals surface area contributed by atoms with Crippen molar-refractivity contribution in [3.8, 4) is 5.75 Å². The van der Waals surface area contributed by atoms with Crippen molar-refractivity contribution in [3.63, 3.8) is 0 Å². The lowest BCUT2D eigenvalue weighted by Gasteiger charge is -2.39. The Morgan fingerprint density at radius 1 is 0.950 bits per heavy atom. The highest BCUT2D eigenvalue weighted by atomic mass is 32.2. The molecular weight excluding hydrogens is 528 g/mol. The molecular formula is C30H36N4O5S. The van der Waals surface area contributed by atoms with Crippen LogP contribution in [0.5, 0.6) is 5.75 Å². The fraction of sp³-hybridized carbons (Fsp3) is 0.400. The number of methoxy groups -OCH3 is 1. The summed E-state index contributed by atoms with van der Waals surface area (Å²) in [4.78, 5) is 17.6. The molecule has 1 aromatic heterocycles. The normalized spacial score (nSPS) is 17.5. The van der Waals surface area contributed by atoms with Crippen LogP contribution in [0.15, 0.2) is 57.9 Å². The van der Waals surface area contributed by atoms with Crippen LogP contribution in [-0.2, 0) is 14.8 Å². The number of sulfonamides is 1. The maximum absolute atomic E-state index is 13.6. The molecule has 40 heavy (non-hydrogen) atoms. The number of nitrogens with zero attached hydrogens (tertiary/aromatic N) is 4. The Morgan fingerprint density at radius 3 is 2.30 bits per heavy atom. The Hall–Kier alpha value is -3.63. The number of piperazine rings is 1. The zero-order chi connectivity index (χ0) is 28.3. The number of rotatable bonds is 7. The Labute approximate surface area is 236 Å². The quantitative estimate of drug-likeness (QED) is 0.424. The van der Waals surface area contributed by atoms with Crippen molar-refractivity contribution in [3.05, 3.63) is 71.1 Å². The van der Waals surface area contributed by atoms with Crippen LogP contribution in [0.2, 0.25) is 0 Å². The predicted octanol–water partition coefficient (Wildman–Crippen LogP) is 4.22. The van der Waals surface area contributed by atoms with Crippen LogP contribution in [0, 0.1) is 19.8 Å². The molecule has 0 aliphatic carbocycles. The fourth-order valence-electron chi connectivity index (χ4n) is 5.44. The van der Waals surface area contributed by atoms with Gasteiger partial charge in [-0.2, -0.15) is 4.31 Å². The van der Waals surface area contributed by atoms with E-state index in [0.29, 0.717) is 31.6 Å². The van der Waals surface area contributed by atoms with Crippen molar-refractivity contribution in [1.29, 1.82) is 0 Å². The molecule has 2 aliphatic heterocycles. The van der Waals surface area contributed by atoms with Gasteiger partial charge in [-0.3, -0.25) is 4.79 Å². The molecule has 0 atom stereocenters. The number of hydrogen-bond donors (Lipinski definition) is 0. The molecule has 0 radical (unpaired) electrons. The second-order valence-electron chi connectivity index (χ2n) is 10.4. The second-order valence-corrected chi connectivity index (χ2v) is 12.2. The molecule has 0 saturated carbocycles. The number of benzene rings is 2. The number of carbonyl (C=O) groups excluding carboxylic acids is 1. The molecule has 2 fully saturated rings. The van der Waals surface area contributed by atoms with E-state index in [0.717, 1.165) is 35.7 Å². The van der Waals surface area contributed by atoms with Crippen molar-refractivity contribution in [1.82, 2.24) is 14.4 Å². The van der Waals surface area contributed by atoms with Crippen molar-refractivity contribution in [2.24, 2.45) is 5.92 Å². The minimum Gasteiger partial charge on any atom is -0.495 e. The second kappa shape index (κ2) is 11.9. The number of ether oxygens (including phenoxy) is 1. The summed E-state index contributed by atoms with van der Waals surface area (Å²) in [6, 6.07) is 15.8. The van der Waals surface area contributed by atoms with E-state index in [1.54, 1.807) is 20.1 Å². The maximum atomic E-state index is 13.6. The van der Waals surface area contributed by atoms with E-state index in [-0.39, 0.29) is 35.6 Å². The number of carbonyl (C=O) groups is 1. The van der Waals surface area contributed by atoms with Crippen LogP contribution in [0.3, 0.4) is 0 Å². The van der Waals surface area contributed by atoms with Crippen molar-refractivity contribution >= 4 is 33.8 Å². The van der Waals surface area contributed by atoms with E-state index in [2.05, 4.69) is 10.1 Å². The SMILES string of the molecule is COc1ccccc1N1CCN(C(=O)C2CCN(S(=O)(=O)c3c(C)noc3C=Cc3ccc(C)cc3)CC2)CC1. The summed E-state index contributed by atoms with van der Waals surface area (Å²) in [5.74, 6) is 0.963. The molecule has 212 valence electrons. The minimum atomic E-state index is -3.83. The van der Waals surface area contributed by atoms with Gasteiger partial charge >= 0.3 is 0 Å². The highest BCUT2D eigenvalue weighted by Gasteiger charge is 2.37. The van der Waals surface area contributed by atoms with Gasteiger partial charge in [-0.05, 0) is 50.5 Å². The van der Waals surface area contributed by atoms with Crippen molar-refractivity contribution < 1.29 is 22.5 Å². The Balaban J connectivity index is 1.20. The van der Waals surface area contributed by atoms with Crippen molar-refractivity contribution in [2.45, 2.75) is 31.6 Å². The van der Waals surface area contributed by atoms with E-state index in [1.807, 2.05) is 66.4 Å². The number of hydrogen-bond acceptors (Lipinski definition) is 7. The summed E-state index contributed by atoms with van der Waals surface area (Å²) in [5, 5.41) is 3.94. The number of anilines is 1. The average molecular weight is 565 g/mol. The molecule has 0 spiro atoms. The first-order valence-corrected chi connectivity index (χ1v) is 15.1. The van der Waals surface area contributed by atoms with Crippen LogP contribution >= 0.6 is 0 Å². The summed E-state index contributed by atoms with van der Waals surface area (Å²) < 4.78 is 39.6. The van der Waals surface area contributed by atoms with E-state index in [1.165, 1.54) is 4.31 Å². The number of piperidine rings is 1. The predicted molar refractivity (Wildman–Crippen MR) is 155 cm³/mol. The zero-order valence-electron chi connectivity index (χ0n) is 23.2. The Morgan fingerprint density at radius 2 is 1.62 bits per heavy atom. The van der Waals surface area contributed by atoms with E-state index in [4.69, 9.17) is 9.26 Å². The average Bonchev–Trinajstić information content (AvgIpc) is 3.37. The van der Waals surface area contributed by atoms with E-state index < -0.39 is 10.0 Å². The first kappa shape index (κ1) is 27.9. The molecule has 0 bridgehead atoms. The van der Waals surface area contributed by atoms with Gasteiger partial charge in [0.15, 0.2) is 10.7 Å². The topological polar surface area (TPSA) is 96.2 Å². The van der Waals surface area contributed by atoms with Gasteiger partial charge in [0.1, 0.15) is 11.4 Å². The minimum absolute atomic E-state index is 0.0908. The van der Waals surface area contributed by atoms with Gasteiger partial charge in [-0.15, -0.1) is 0 Å². The molecule has 2 aliphatic rings. The third kappa shape index (κ3) is 5.78. The lowest BCUT2D eigenvalue weighted by Crippen LogP contribution is -2.52. The molecule has 0 N–H and O–H groups in total. The highest BCUT2D eigenvalue weighted by Crippen LogP contribution is 2.31. The first-order chi connectivity index (χ1) is 19.3. The van der Waals surface area contributed by atoms with Gasteiger partial charge in [0.25, 0.3) is 0 Å². The molecule has 9 nitrogen and oxygen atoms in total. The number of amides is 1. The van der Waals surface area contributed by atoms with E-state index >= 15 is 0 Å². The molecule has 10 heteroatoms. The fourth-order valence-corrected chi connectivity index (χ4v) is 7.16. The van der Waals surface area contributed by atoms with Crippen LogP contribution in [0.1, 0.15) is 35.4 Å². The summed E-state index contributed by atoms with van der Waals surface area (Å²) >= 11 is 0. The lowest BCUT2D eigenvalue weighted by molar-refractivity contribution is -0.137. The number of aromatic nitrogens is 1. The molecule has 1 amide bonds. The van der Waals surface area contributed by atoms with Crippen LogP contribution in [0.4, 0.5) is 5.69 Å². The summed E-state index contributed by atoms with van der Waals surface area (Å²) in [6.07, 6.45) is 4.45. The van der Waals surface area contributed by atoms with E-state index in [9.17, 15) is 13.2 Å². The smallest absolute Gasteiger partial charge is 0.248 e. The van der Waals surface area contributed by atoms with Gasteiger partial charge in [-0.1, -0.05) is 53.2 Å². The van der Waals surface area contributed by atoms with Crippen LogP contribution < -0.4 is 9.64 Å². The third-order valence-corrected chi connectivity index (χ3v) is 9.81. The highest BCUT2D eigenvalue weighted by molar-refractivity contribution is 7.89. The first-order valence-electron chi connectivity index (χ1n) is 13.7. The zero-order valence-corrected chi connectivity index (χ0v) is 24.1. The molecule has 2 aromatic carbocycles. The van der Waals surface area contributed by atoms with Crippen molar-refractivity contribution in [2.75, 3.05) is 51.3 Å². The largest absolute Gasteiger partial charge is 0.495 e. The third-order valence-electron chi connectivity index (χ3n) is 7.76. The molecule has 3 heterocycles. The maximum Gasteiger partial charge on any atom is 0.248 e. The lowest BCUT2D eigenvalue weighted by atomic mass is 9.96. The standard InChI is InChI=1S/C30H36N4O5S/c1-22-8-10-24(11-9-22)12-13-28-29(23(2)31-39-28)40(36,37)34-16-14-25(15-17-34)30(35)33-20-18-32(19-21-33)26-6-4-5-7-27(26)38-3/h4-13,25H,14-21H2,1-3H3. The molecule has 5 rings (SSSR count). The Kier molecular flexibility index (Phi) is 8.27. The molecule has 2 saturated heterocycles. The van der Waals surface area contributed by atoms with Gasteiger partial charge in [0, 0.05) is 45.2 Å². The Bertz CT molecular complexity index is 1470. The van der Waals surface area contributed by atoms with Crippen LogP contribution in [-0.4, -0.2) is 75.1 Å². The summed E-state index contributed by atoms with van der Waals surface area (Å²) in [6.45, 7) is 6.93. The monoisotopic (exact) mass is 564 g/mol. The molecule has 3 aromatic rings. The molecule has 0 unspecified atom stereocenters. The van der Waals surface area contributed by atoms with Gasteiger partial charge in [-0.25, -0.2) is 8.42 Å². The van der Waals surface area contributed by atoms with Gasteiger partial charge in [0.05, 0.1) is 12.8 Å². The number of aryl methyl sites for hydroxylation is 2. The van der Waals surface area contributed by atoms with Gasteiger partial charge in [0.2, 0.25) is 15.9 Å². The van der Waals surface area contributed by atoms with Crippen LogP contribution in [0.25, 0.3) is 12.2 Å². The van der Waals surface area contributed by atoms with Gasteiger partial charge < -0.3 is 19.1 Å². The summed E-state index contributed by atoms with van der Waals surface area (Å²) in [7, 11) is -2.16. The summed E-state index contributed by atoms with van der Waals surface area (Å²) in [5.41, 5.74) is 3.45.